The van der Waals surface area contributed by atoms with Crippen LogP contribution >= 0.6 is 0 Å². The van der Waals surface area contributed by atoms with Gasteiger partial charge in [0.1, 0.15) is 5.69 Å². The highest BCUT2D eigenvalue weighted by atomic mass is 16.2. The molecular weight excluding hydrogens is 266 g/mol. The molecule has 108 valence electrons. The average molecular weight is 285 g/mol. The Hall–Kier alpha value is -2.37. The summed E-state index contributed by atoms with van der Waals surface area (Å²) in [5, 5.41) is 7.24. The maximum atomic E-state index is 12.1. The molecular formula is C15H17N5O. The smallest absolute Gasteiger partial charge is 0.228 e. The number of nitrogens with one attached hydrogen (secondary N) is 1. The van der Waals surface area contributed by atoms with Gasteiger partial charge in [-0.15, -0.1) is 0 Å². The molecule has 1 aliphatic heterocycles. The first-order valence-corrected chi connectivity index (χ1v) is 7.01. The van der Waals surface area contributed by atoms with E-state index >= 15 is 0 Å². The van der Waals surface area contributed by atoms with Crippen molar-refractivity contribution in [3.8, 4) is 5.69 Å². The number of aromatic nitrogens is 3. The SMILES string of the molecule is [2H]C1([2H])c2cc(C)nn2-c2ccnc(NC(=O)C3CC3)c2N1C. The number of hydrogen-bond donors (Lipinski definition) is 1. The lowest BCUT2D eigenvalue weighted by atomic mass is 10.2. The Morgan fingerprint density at radius 2 is 2.33 bits per heavy atom. The van der Waals surface area contributed by atoms with Gasteiger partial charge in [0, 0.05) is 19.2 Å². The van der Waals surface area contributed by atoms with Crippen LogP contribution in [-0.2, 0) is 11.3 Å². The topological polar surface area (TPSA) is 63.1 Å². The van der Waals surface area contributed by atoms with E-state index in [4.69, 9.17) is 2.74 Å². The molecule has 6 heteroatoms. The Balaban J connectivity index is 1.88. The molecule has 0 bridgehead atoms. The molecule has 0 radical (unpaired) electrons. The average Bonchev–Trinajstić information content (AvgIpc) is 3.27. The molecule has 0 atom stereocenters. The fraction of sp³-hybridized carbons (Fsp3) is 0.400. The predicted octanol–water partition coefficient (Wildman–Crippen LogP) is 1.87. The summed E-state index contributed by atoms with van der Waals surface area (Å²) in [4.78, 5) is 17.9. The lowest BCUT2D eigenvalue weighted by Gasteiger charge is -2.29. The van der Waals surface area contributed by atoms with Gasteiger partial charge in [-0.1, -0.05) is 0 Å². The third kappa shape index (κ3) is 1.98. The molecule has 21 heavy (non-hydrogen) atoms. The molecule has 3 heterocycles. The van der Waals surface area contributed by atoms with Crippen molar-refractivity contribution in [2.45, 2.75) is 26.3 Å². The Bertz CT molecular complexity index is 812. The van der Waals surface area contributed by atoms with Crippen LogP contribution in [0.2, 0.25) is 0 Å². The van der Waals surface area contributed by atoms with Gasteiger partial charge in [-0.25, -0.2) is 9.67 Å². The maximum absolute atomic E-state index is 12.1. The van der Waals surface area contributed by atoms with Gasteiger partial charge in [0.05, 0.1) is 26.3 Å². The number of hydrogen-bond acceptors (Lipinski definition) is 4. The van der Waals surface area contributed by atoms with E-state index in [9.17, 15) is 4.79 Å². The third-order valence-electron chi connectivity index (χ3n) is 3.77. The molecule has 2 aliphatic rings. The minimum Gasteiger partial charge on any atom is -0.364 e. The van der Waals surface area contributed by atoms with Crippen molar-refractivity contribution in [1.29, 1.82) is 0 Å². The summed E-state index contributed by atoms with van der Waals surface area (Å²) >= 11 is 0. The molecule has 0 saturated heterocycles. The number of carbonyl (C=O) groups is 1. The van der Waals surface area contributed by atoms with Crippen molar-refractivity contribution in [2.75, 3.05) is 17.3 Å². The highest BCUT2D eigenvalue weighted by molar-refractivity contribution is 5.97. The summed E-state index contributed by atoms with van der Waals surface area (Å²) in [6.07, 6.45) is 3.41. The molecule has 1 N–H and O–H groups in total. The van der Waals surface area contributed by atoms with Gasteiger partial charge in [-0.2, -0.15) is 5.10 Å². The lowest BCUT2D eigenvalue weighted by Crippen LogP contribution is -2.28. The van der Waals surface area contributed by atoms with Crippen molar-refractivity contribution in [1.82, 2.24) is 14.8 Å². The van der Waals surface area contributed by atoms with Crippen LogP contribution in [0.25, 0.3) is 5.69 Å². The Kier molecular flexibility index (Phi) is 2.13. The molecule has 2 aromatic rings. The number of carbonyl (C=O) groups excluding carboxylic acids is 1. The summed E-state index contributed by atoms with van der Waals surface area (Å²) in [6.45, 7) is 0.0917. The van der Waals surface area contributed by atoms with Gasteiger partial charge in [0.2, 0.25) is 5.91 Å². The van der Waals surface area contributed by atoms with Gasteiger partial charge >= 0.3 is 0 Å². The fourth-order valence-electron chi connectivity index (χ4n) is 2.59. The van der Waals surface area contributed by atoms with E-state index in [0.717, 1.165) is 18.5 Å². The number of nitrogens with zero attached hydrogens (tertiary/aromatic N) is 4. The van der Waals surface area contributed by atoms with Crippen molar-refractivity contribution >= 4 is 17.4 Å². The van der Waals surface area contributed by atoms with E-state index in [0.29, 0.717) is 22.9 Å². The van der Waals surface area contributed by atoms with Crippen molar-refractivity contribution in [2.24, 2.45) is 5.92 Å². The van der Waals surface area contributed by atoms with Crippen LogP contribution in [0, 0.1) is 12.8 Å². The molecule has 0 spiro atoms. The number of pyridine rings is 1. The Morgan fingerprint density at radius 3 is 3.10 bits per heavy atom. The predicted molar refractivity (Wildman–Crippen MR) is 79.6 cm³/mol. The Morgan fingerprint density at radius 1 is 1.52 bits per heavy atom. The third-order valence-corrected chi connectivity index (χ3v) is 3.77. The largest absolute Gasteiger partial charge is 0.364 e. The molecule has 4 rings (SSSR count). The van der Waals surface area contributed by atoms with E-state index < -0.39 is 6.50 Å². The minimum absolute atomic E-state index is 0.0534. The van der Waals surface area contributed by atoms with Crippen LogP contribution in [0.15, 0.2) is 18.3 Å². The highest BCUT2D eigenvalue weighted by Gasteiger charge is 2.32. The van der Waals surface area contributed by atoms with E-state index in [1.54, 1.807) is 30.1 Å². The molecule has 6 nitrogen and oxygen atoms in total. The summed E-state index contributed by atoms with van der Waals surface area (Å²) < 4.78 is 18.4. The van der Waals surface area contributed by atoms with Gasteiger partial charge in [0.25, 0.3) is 0 Å². The second kappa shape index (κ2) is 4.31. The zero-order valence-corrected chi connectivity index (χ0v) is 11.9. The number of aryl methyl sites for hydroxylation is 1. The van der Waals surface area contributed by atoms with Crippen molar-refractivity contribution < 1.29 is 7.54 Å². The normalized spacial score (nSPS) is 20.2. The van der Waals surface area contributed by atoms with E-state index in [1.807, 2.05) is 6.92 Å². The molecule has 2 aromatic heterocycles. The lowest BCUT2D eigenvalue weighted by molar-refractivity contribution is -0.117. The quantitative estimate of drug-likeness (QED) is 0.915. The van der Waals surface area contributed by atoms with Gasteiger partial charge < -0.3 is 10.2 Å². The van der Waals surface area contributed by atoms with Crippen LogP contribution in [0.5, 0.6) is 0 Å². The molecule has 0 unspecified atom stereocenters. The van der Waals surface area contributed by atoms with Crippen LogP contribution in [-0.4, -0.2) is 27.7 Å². The monoisotopic (exact) mass is 285 g/mol. The zero-order chi connectivity index (χ0) is 16.4. The van der Waals surface area contributed by atoms with Gasteiger partial charge in [-0.05, 0) is 31.9 Å². The highest BCUT2D eigenvalue weighted by Crippen LogP contribution is 2.37. The van der Waals surface area contributed by atoms with Crippen LogP contribution in [0.1, 0.15) is 27.0 Å². The summed E-state index contributed by atoms with van der Waals surface area (Å²) in [7, 11) is 1.67. The molecule has 1 amide bonds. The van der Waals surface area contributed by atoms with Crippen LogP contribution in [0.3, 0.4) is 0 Å². The minimum atomic E-state index is -1.74. The van der Waals surface area contributed by atoms with Gasteiger partial charge in [0.15, 0.2) is 5.82 Å². The second-order valence-corrected chi connectivity index (χ2v) is 5.54. The van der Waals surface area contributed by atoms with Gasteiger partial charge in [-0.3, -0.25) is 4.79 Å². The summed E-state index contributed by atoms with van der Waals surface area (Å²) in [5.74, 6) is 0.382. The first-order chi connectivity index (χ1) is 10.9. The van der Waals surface area contributed by atoms with Crippen LogP contribution < -0.4 is 10.2 Å². The molecule has 0 aromatic carbocycles. The molecule has 1 fully saturated rings. The first-order valence-electron chi connectivity index (χ1n) is 8.01. The fourth-order valence-corrected chi connectivity index (χ4v) is 2.59. The first kappa shape index (κ1) is 10.4. The number of anilines is 2. The number of fused-ring (bicyclic) bond motifs is 3. The van der Waals surface area contributed by atoms with E-state index in [-0.39, 0.29) is 11.8 Å². The Labute approximate surface area is 125 Å². The van der Waals surface area contributed by atoms with Crippen molar-refractivity contribution in [3.63, 3.8) is 0 Å². The second-order valence-electron chi connectivity index (χ2n) is 5.54. The molecule has 1 aliphatic carbocycles. The zero-order valence-electron chi connectivity index (χ0n) is 13.9. The number of amides is 1. The van der Waals surface area contributed by atoms with Crippen LogP contribution in [0.4, 0.5) is 11.5 Å². The summed E-state index contributed by atoms with van der Waals surface area (Å²) in [5.41, 5.74) is 2.47. The maximum Gasteiger partial charge on any atom is 0.228 e. The van der Waals surface area contributed by atoms with Crippen molar-refractivity contribution in [3.05, 3.63) is 29.7 Å². The molecule has 1 saturated carbocycles. The number of rotatable bonds is 2. The van der Waals surface area contributed by atoms with E-state index in [1.165, 1.54) is 4.90 Å². The van der Waals surface area contributed by atoms with E-state index in [2.05, 4.69) is 15.4 Å². The standard InChI is InChI=1S/C15H17N5O/c1-9-7-11-8-19(2)13-12(20(11)18-9)5-6-16-14(13)17-15(21)10-3-4-10/h5-7,10H,3-4,8H2,1-2H3,(H,16,17,21)/i8D2. The summed E-state index contributed by atoms with van der Waals surface area (Å²) in [6, 6.07) is 3.52.